The molecule has 34 heavy (non-hydrogen) atoms. The molecule has 3 aromatic rings. The Balaban J connectivity index is 1.92. The summed E-state index contributed by atoms with van der Waals surface area (Å²) in [4.78, 5) is 0. The van der Waals surface area contributed by atoms with Crippen molar-refractivity contribution in [2.75, 3.05) is 6.16 Å². The van der Waals surface area contributed by atoms with Crippen molar-refractivity contribution in [3.05, 3.63) is 138 Å². The van der Waals surface area contributed by atoms with E-state index in [0.717, 1.165) is 19.0 Å². The minimum absolute atomic E-state index is 0.998. The Bertz CT molecular complexity index is 1100. The van der Waals surface area contributed by atoms with Gasteiger partial charge in [0.25, 0.3) is 0 Å². The summed E-state index contributed by atoms with van der Waals surface area (Å²) >= 11 is 0. The lowest BCUT2D eigenvalue weighted by atomic mass is 10.1. The van der Waals surface area contributed by atoms with E-state index in [-0.39, 0.29) is 0 Å². The van der Waals surface area contributed by atoms with Gasteiger partial charge in [0.2, 0.25) is 0 Å². The average Bonchev–Trinajstić information content (AvgIpc) is 2.85. The van der Waals surface area contributed by atoms with Gasteiger partial charge in [-0.3, -0.25) is 0 Å². The van der Waals surface area contributed by atoms with Gasteiger partial charge in [0.05, 0.1) is 6.16 Å². The highest BCUT2D eigenvalue weighted by Gasteiger charge is 2.44. The third-order valence-corrected chi connectivity index (χ3v) is 10.3. The van der Waals surface area contributed by atoms with Crippen LogP contribution in [0.15, 0.2) is 133 Å². The summed E-state index contributed by atoms with van der Waals surface area (Å²) in [6.45, 7) is 8.73. The summed E-state index contributed by atoms with van der Waals surface area (Å²) in [6.07, 6.45) is 16.7. The molecule has 3 aromatic carbocycles. The molecule has 0 aliphatic heterocycles. The number of allylic oxidation sites excluding steroid dienone is 8. The molecular formula is C33H38P+. The quantitative estimate of drug-likeness (QED) is 0.161. The van der Waals surface area contributed by atoms with Gasteiger partial charge in [-0.2, -0.15) is 0 Å². The summed E-state index contributed by atoms with van der Waals surface area (Å²) < 4.78 is 0. The molecule has 0 radical (unpaired) electrons. The van der Waals surface area contributed by atoms with Gasteiger partial charge in [0.15, 0.2) is 0 Å². The van der Waals surface area contributed by atoms with E-state index in [1.165, 1.54) is 32.6 Å². The number of hydrogen-bond donors (Lipinski definition) is 0. The molecule has 0 saturated carbocycles. The van der Waals surface area contributed by atoms with Crippen LogP contribution in [0.1, 0.15) is 39.2 Å². The van der Waals surface area contributed by atoms with E-state index in [1.807, 2.05) is 0 Å². The highest BCUT2D eigenvalue weighted by atomic mass is 31.2. The third-order valence-electron chi connectivity index (χ3n) is 6.05. The Morgan fingerprint density at radius 2 is 1.32 bits per heavy atom. The molecule has 0 saturated heterocycles. The number of benzene rings is 3. The second-order valence-corrected chi connectivity index (χ2v) is 12.7. The molecule has 0 aliphatic carbocycles. The Hall–Kier alpha value is -2.95. The van der Waals surface area contributed by atoms with Gasteiger partial charge in [-0.05, 0) is 88.6 Å². The van der Waals surface area contributed by atoms with Crippen molar-refractivity contribution in [1.29, 1.82) is 0 Å². The van der Waals surface area contributed by atoms with Crippen molar-refractivity contribution in [3.8, 4) is 0 Å². The summed E-state index contributed by atoms with van der Waals surface area (Å²) in [5.74, 6) is 0. The maximum absolute atomic E-state index is 2.38. The van der Waals surface area contributed by atoms with Gasteiger partial charge in [0.1, 0.15) is 23.2 Å². The normalized spacial score (nSPS) is 12.4. The lowest BCUT2D eigenvalue weighted by Crippen LogP contribution is -2.33. The van der Waals surface area contributed by atoms with E-state index in [9.17, 15) is 0 Å². The predicted molar refractivity (Wildman–Crippen MR) is 155 cm³/mol. The zero-order valence-electron chi connectivity index (χ0n) is 21.1. The van der Waals surface area contributed by atoms with Crippen LogP contribution >= 0.6 is 7.26 Å². The minimum Gasteiger partial charge on any atom is -0.0856 e. The Kier molecular flexibility index (Phi) is 9.87. The van der Waals surface area contributed by atoms with Crippen molar-refractivity contribution in [3.63, 3.8) is 0 Å². The van der Waals surface area contributed by atoms with Crippen molar-refractivity contribution < 1.29 is 0 Å². The zero-order chi connectivity index (χ0) is 24.2. The smallest absolute Gasteiger partial charge is 0.0856 e. The first-order valence-electron chi connectivity index (χ1n) is 12.2. The van der Waals surface area contributed by atoms with Gasteiger partial charge < -0.3 is 0 Å². The highest BCUT2D eigenvalue weighted by molar-refractivity contribution is 7.95. The molecule has 174 valence electrons. The van der Waals surface area contributed by atoms with Gasteiger partial charge >= 0.3 is 0 Å². The number of hydrogen-bond acceptors (Lipinski definition) is 0. The molecule has 0 heterocycles. The van der Waals surface area contributed by atoms with Crippen LogP contribution in [-0.4, -0.2) is 6.16 Å². The second-order valence-electron chi connectivity index (χ2n) is 9.15. The highest BCUT2D eigenvalue weighted by Crippen LogP contribution is 2.55. The molecule has 0 fully saturated rings. The van der Waals surface area contributed by atoms with E-state index in [2.05, 4.69) is 149 Å². The molecule has 0 N–H and O–H groups in total. The Labute approximate surface area is 207 Å². The van der Waals surface area contributed by atoms with Gasteiger partial charge in [-0.1, -0.05) is 90.1 Å². The summed E-state index contributed by atoms with van der Waals surface area (Å²) in [6, 6.07) is 31.3. The zero-order valence-corrected chi connectivity index (χ0v) is 22.0. The standard InChI is InChI=1S/C33H38P/c1-28(2)17-15-19-29(3)18-9-5-6-14-26-34(31-21-10-7-11-22-31,32-23-12-8-13-24-32)33-25-16-20-30(4)27-33/h5-14,16-18,20-25,27H,15,19,26H2,1-4H3/q+1. The van der Waals surface area contributed by atoms with Crippen molar-refractivity contribution >= 4 is 23.2 Å². The van der Waals surface area contributed by atoms with E-state index in [4.69, 9.17) is 0 Å². The van der Waals surface area contributed by atoms with Crippen molar-refractivity contribution in [2.45, 2.75) is 40.5 Å². The molecule has 0 unspecified atom stereocenters. The second kappa shape index (κ2) is 13.1. The lowest BCUT2D eigenvalue weighted by molar-refractivity contribution is 0.967. The fourth-order valence-electron chi connectivity index (χ4n) is 4.25. The number of aryl methyl sites for hydroxylation is 1. The minimum atomic E-state index is -1.81. The van der Waals surface area contributed by atoms with E-state index in [1.54, 1.807) is 0 Å². The van der Waals surface area contributed by atoms with Crippen LogP contribution in [-0.2, 0) is 0 Å². The maximum Gasteiger partial charge on any atom is 0.115 e. The van der Waals surface area contributed by atoms with Crippen LogP contribution in [0, 0.1) is 6.92 Å². The van der Waals surface area contributed by atoms with Crippen molar-refractivity contribution in [2.24, 2.45) is 0 Å². The van der Waals surface area contributed by atoms with Crippen LogP contribution in [0.4, 0.5) is 0 Å². The van der Waals surface area contributed by atoms with Crippen LogP contribution in [0.2, 0.25) is 0 Å². The van der Waals surface area contributed by atoms with Crippen LogP contribution in [0.3, 0.4) is 0 Å². The molecule has 0 amide bonds. The van der Waals surface area contributed by atoms with Crippen molar-refractivity contribution in [1.82, 2.24) is 0 Å². The predicted octanol–water partition coefficient (Wildman–Crippen LogP) is 8.09. The Morgan fingerprint density at radius 3 is 1.91 bits per heavy atom. The fourth-order valence-corrected chi connectivity index (χ4v) is 8.34. The monoisotopic (exact) mass is 465 g/mol. The van der Waals surface area contributed by atoms with Crippen LogP contribution < -0.4 is 15.9 Å². The average molecular weight is 466 g/mol. The molecule has 3 rings (SSSR count). The molecule has 0 atom stereocenters. The first-order valence-corrected chi connectivity index (χ1v) is 14.2. The molecule has 0 aromatic heterocycles. The maximum atomic E-state index is 2.38. The van der Waals surface area contributed by atoms with Gasteiger partial charge in [-0.15, -0.1) is 0 Å². The molecule has 1 heteroatoms. The summed E-state index contributed by atoms with van der Waals surface area (Å²) in [5.41, 5.74) is 4.12. The summed E-state index contributed by atoms with van der Waals surface area (Å²) in [7, 11) is -1.81. The molecular weight excluding hydrogens is 427 g/mol. The molecule has 0 aliphatic rings. The van der Waals surface area contributed by atoms with E-state index >= 15 is 0 Å². The van der Waals surface area contributed by atoms with Gasteiger partial charge in [0, 0.05) is 0 Å². The molecule has 0 spiro atoms. The largest absolute Gasteiger partial charge is 0.115 e. The third kappa shape index (κ3) is 7.02. The fraction of sp³-hybridized carbons (Fsp3) is 0.212. The molecule has 0 bridgehead atoms. The Morgan fingerprint density at radius 1 is 0.706 bits per heavy atom. The van der Waals surface area contributed by atoms with E-state index in [0.29, 0.717) is 0 Å². The molecule has 0 nitrogen and oxygen atoms in total. The van der Waals surface area contributed by atoms with Crippen LogP contribution in [0.5, 0.6) is 0 Å². The van der Waals surface area contributed by atoms with Crippen LogP contribution in [0.25, 0.3) is 0 Å². The topological polar surface area (TPSA) is 0 Å². The number of rotatable bonds is 10. The lowest BCUT2D eigenvalue weighted by Gasteiger charge is -2.26. The SMILES string of the molecule is CC(C)=CCCC(C)=CC=CC=CC[P+](c1ccccc1)(c1ccccc1)c1cccc(C)c1. The van der Waals surface area contributed by atoms with Gasteiger partial charge in [-0.25, -0.2) is 0 Å². The first-order chi connectivity index (χ1) is 16.5. The summed E-state index contributed by atoms with van der Waals surface area (Å²) in [5, 5.41) is 4.29. The first kappa shape index (κ1) is 25.7. The van der Waals surface area contributed by atoms with E-state index < -0.39 is 7.26 Å².